The molecule has 1 aromatic carbocycles. The van der Waals surface area contributed by atoms with Crippen molar-refractivity contribution < 1.29 is 4.79 Å². The number of rotatable bonds is 1. The Labute approximate surface area is 103 Å². The van der Waals surface area contributed by atoms with Crippen LogP contribution in [-0.4, -0.2) is 48.9 Å². The van der Waals surface area contributed by atoms with Crippen LogP contribution in [0, 0.1) is 13.8 Å². The van der Waals surface area contributed by atoms with Gasteiger partial charge in [-0.15, -0.1) is 0 Å². The van der Waals surface area contributed by atoms with E-state index in [0.717, 1.165) is 42.9 Å². The zero-order chi connectivity index (χ0) is 12.4. The van der Waals surface area contributed by atoms with Gasteiger partial charge in [0.25, 0.3) is 5.91 Å². The molecule has 0 unspecified atom stereocenters. The Morgan fingerprint density at radius 1 is 1.12 bits per heavy atom. The summed E-state index contributed by atoms with van der Waals surface area (Å²) in [4.78, 5) is 16.6. The molecule has 3 heteroatoms. The molecule has 0 saturated carbocycles. The number of nitrogens with zero attached hydrogens (tertiary/aromatic N) is 2. The van der Waals surface area contributed by atoms with E-state index >= 15 is 0 Å². The maximum Gasteiger partial charge on any atom is 0.254 e. The minimum Gasteiger partial charge on any atom is -0.336 e. The van der Waals surface area contributed by atoms with Crippen LogP contribution in [0.2, 0.25) is 0 Å². The molecule has 0 aromatic heterocycles. The second-order valence-electron chi connectivity index (χ2n) is 4.91. The van der Waals surface area contributed by atoms with Crippen LogP contribution < -0.4 is 0 Å². The fourth-order valence-electron chi connectivity index (χ4n) is 2.15. The summed E-state index contributed by atoms with van der Waals surface area (Å²) in [5, 5.41) is 0. The van der Waals surface area contributed by atoms with Gasteiger partial charge in [0.15, 0.2) is 0 Å². The summed E-state index contributed by atoms with van der Waals surface area (Å²) < 4.78 is 0. The number of carbonyl (C=O) groups excluding carboxylic acids is 1. The van der Waals surface area contributed by atoms with Gasteiger partial charge in [0.05, 0.1) is 0 Å². The van der Waals surface area contributed by atoms with Gasteiger partial charge in [0.1, 0.15) is 0 Å². The SMILES string of the molecule is Cc1ccc(C)c(C(=O)N2CCN(C)CC2)c1. The molecular formula is C14H20N2O. The standard InChI is InChI=1S/C14H20N2O/c1-11-4-5-12(2)13(10-11)14(17)16-8-6-15(3)7-9-16/h4-5,10H,6-9H2,1-3H3. The zero-order valence-electron chi connectivity index (χ0n) is 10.9. The number of aryl methyl sites for hydroxylation is 2. The Kier molecular flexibility index (Phi) is 3.48. The predicted octanol–water partition coefficient (Wildman–Crippen LogP) is 1.69. The van der Waals surface area contributed by atoms with Crippen LogP contribution in [0.25, 0.3) is 0 Å². The topological polar surface area (TPSA) is 23.6 Å². The third-order valence-corrected chi connectivity index (χ3v) is 3.41. The molecule has 1 saturated heterocycles. The van der Waals surface area contributed by atoms with Gasteiger partial charge in [0.2, 0.25) is 0 Å². The Hall–Kier alpha value is -1.35. The lowest BCUT2D eigenvalue weighted by atomic mass is 10.0. The minimum absolute atomic E-state index is 0.180. The molecule has 92 valence electrons. The third kappa shape index (κ3) is 2.67. The maximum atomic E-state index is 12.4. The Morgan fingerprint density at radius 3 is 2.41 bits per heavy atom. The van der Waals surface area contributed by atoms with Crippen molar-refractivity contribution in [3.63, 3.8) is 0 Å². The van der Waals surface area contributed by atoms with Crippen molar-refractivity contribution in [3.8, 4) is 0 Å². The number of hydrogen-bond acceptors (Lipinski definition) is 2. The summed E-state index contributed by atoms with van der Waals surface area (Å²) in [5.74, 6) is 0.180. The van der Waals surface area contributed by atoms with Gasteiger partial charge in [0, 0.05) is 31.7 Å². The van der Waals surface area contributed by atoms with Crippen LogP contribution in [0.4, 0.5) is 0 Å². The average Bonchev–Trinajstić information content (AvgIpc) is 2.32. The van der Waals surface area contributed by atoms with Crippen molar-refractivity contribution in [2.24, 2.45) is 0 Å². The fourth-order valence-corrected chi connectivity index (χ4v) is 2.15. The molecule has 2 rings (SSSR count). The average molecular weight is 232 g/mol. The predicted molar refractivity (Wildman–Crippen MR) is 69.3 cm³/mol. The molecule has 0 aliphatic carbocycles. The van der Waals surface area contributed by atoms with E-state index in [9.17, 15) is 4.79 Å². The number of benzene rings is 1. The number of amides is 1. The summed E-state index contributed by atoms with van der Waals surface area (Å²) in [7, 11) is 2.10. The smallest absolute Gasteiger partial charge is 0.254 e. The monoisotopic (exact) mass is 232 g/mol. The highest BCUT2D eigenvalue weighted by atomic mass is 16.2. The Bertz CT molecular complexity index is 420. The third-order valence-electron chi connectivity index (χ3n) is 3.41. The van der Waals surface area contributed by atoms with Gasteiger partial charge in [-0.2, -0.15) is 0 Å². The minimum atomic E-state index is 0.180. The summed E-state index contributed by atoms with van der Waals surface area (Å²) in [6, 6.07) is 6.07. The molecule has 1 amide bonds. The largest absolute Gasteiger partial charge is 0.336 e. The van der Waals surface area contributed by atoms with Crippen LogP contribution >= 0.6 is 0 Å². The highest BCUT2D eigenvalue weighted by Crippen LogP contribution is 2.14. The van der Waals surface area contributed by atoms with Gasteiger partial charge in [-0.3, -0.25) is 4.79 Å². The molecule has 0 N–H and O–H groups in total. The van der Waals surface area contributed by atoms with E-state index in [1.807, 2.05) is 30.9 Å². The van der Waals surface area contributed by atoms with Gasteiger partial charge in [-0.1, -0.05) is 17.7 Å². The second kappa shape index (κ2) is 4.88. The van der Waals surface area contributed by atoms with Crippen molar-refractivity contribution in [1.29, 1.82) is 0 Å². The van der Waals surface area contributed by atoms with E-state index in [1.54, 1.807) is 0 Å². The number of carbonyl (C=O) groups is 1. The van der Waals surface area contributed by atoms with Crippen LogP contribution in [0.15, 0.2) is 18.2 Å². The van der Waals surface area contributed by atoms with E-state index in [-0.39, 0.29) is 5.91 Å². The van der Waals surface area contributed by atoms with Gasteiger partial charge in [-0.05, 0) is 32.5 Å². The van der Waals surface area contributed by atoms with E-state index in [0.29, 0.717) is 0 Å². The lowest BCUT2D eigenvalue weighted by Crippen LogP contribution is -2.47. The summed E-state index contributed by atoms with van der Waals surface area (Å²) in [6.45, 7) is 7.64. The highest BCUT2D eigenvalue weighted by molar-refractivity contribution is 5.95. The van der Waals surface area contributed by atoms with Gasteiger partial charge < -0.3 is 9.80 Å². The molecule has 1 heterocycles. The van der Waals surface area contributed by atoms with Crippen molar-refractivity contribution in [2.45, 2.75) is 13.8 Å². The lowest BCUT2D eigenvalue weighted by Gasteiger charge is -2.32. The maximum absolute atomic E-state index is 12.4. The van der Waals surface area contributed by atoms with Crippen molar-refractivity contribution in [2.75, 3.05) is 33.2 Å². The molecule has 17 heavy (non-hydrogen) atoms. The Morgan fingerprint density at radius 2 is 1.76 bits per heavy atom. The molecule has 3 nitrogen and oxygen atoms in total. The first kappa shape index (κ1) is 12.1. The first-order chi connectivity index (χ1) is 8.08. The number of likely N-dealkylation sites (N-methyl/N-ethyl adjacent to an activating group) is 1. The summed E-state index contributed by atoms with van der Waals surface area (Å²) >= 11 is 0. The molecule has 0 atom stereocenters. The van der Waals surface area contributed by atoms with Crippen LogP contribution in [0.5, 0.6) is 0 Å². The molecule has 0 bridgehead atoms. The number of hydrogen-bond donors (Lipinski definition) is 0. The van der Waals surface area contributed by atoms with E-state index in [1.165, 1.54) is 0 Å². The van der Waals surface area contributed by atoms with Gasteiger partial charge >= 0.3 is 0 Å². The second-order valence-corrected chi connectivity index (χ2v) is 4.91. The Balaban J connectivity index is 2.16. The zero-order valence-corrected chi connectivity index (χ0v) is 10.9. The summed E-state index contributed by atoms with van der Waals surface area (Å²) in [5.41, 5.74) is 3.07. The normalized spacial score (nSPS) is 17.2. The summed E-state index contributed by atoms with van der Waals surface area (Å²) in [6.07, 6.45) is 0. The first-order valence-corrected chi connectivity index (χ1v) is 6.13. The van der Waals surface area contributed by atoms with Crippen LogP contribution in [-0.2, 0) is 0 Å². The van der Waals surface area contributed by atoms with E-state index in [4.69, 9.17) is 0 Å². The van der Waals surface area contributed by atoms with Crippen molar-refractivity contribution in [3.05, 3.63) is 34.9 Å². The van der Waals surface area contributed by atoms with E-state index in [2.05, 4.69) is 18.0 Å². The quantitative estimate of drug-likeness (QED) is 0.735. The van der Waals surface area contributed by atoms with Crippen LogP contribution in [0.1, 0.15) is 21.5 Å². The molecule has 0 spiro atoms. The van der Waals surface area contributed by atoms with Gasteiger partial charge in [-0.25, -0.2) is 0 Å². The lowest BCUT2D eigenvalue weighted by molar-refractivity contribution is 0.0663. The molecule has 1 fully saturated rings. The molecule has 0 radical (unpaired) electrons. The van der Waals surface area contributed by atoms with Crippen molar-refractivity contribution >= 4 is 5.91 Å². The fraction of sp³-hybridized carbons (Fsp3) is 0.500. The molecule has 1 aliphatic heterocycles. The first-order valence-electron chi connectivity index (χ1n) is 6.13. The van der Waals surface area contributed by atoms with E-state index < -0.39 is 0 Å². The molecule has 1 aliphatic rings. The molecular weight excluding hydrogens is 212 g/mol. The molecule has 1 aromatic rings. The van der Waals surface area contributed by atoms with Crippen molar-refractivity contribution in [1.82, 2.24) is 9.80 Å². The van der Waals surface area contributed by atoms with Crippen LogP contribution in [0.3, 0.4) is 0 Å². The highest BCUT2D eigenvalue weighted by Gasteiger charge is 2.21. The number of piperazine rings is 1.